The average Bonchev–Trinajstić information content (AvgIpc) is 2.51. The van der Waals surface area contributed by atoms with Gasteiger partial charge in [-0.05, 0) is 31.8 Å². The van der Waals surface area contributed by atoms with E-state index in [2.05, 4.69) is 19.1 Å². The highest BCUT2D eigenvalue weighted by Gasteiger charge is 1.99. The smallest absolute Gasteiger partial charge is 0.303 e. The molecule has 0 aromatic heterocycles. The van der Waals surface area contributed by atoms with E-state index in [0.717, 1.165) is 12.8 Å². The van der Waals surface area contributed by atoms with Gasteiger partial charge in [-0.25, -0.2) is 0 Å². The zero-order chi connectivity index (χ0) is 17.2. The van der Waals surface area contributed by atoms with Crippen LogP contribution in [0, 0.1) is 0 Å². The lowest BCUT2D eigenvalue weighted by atomic mass is 10.1. The molecule has 130 valence electrons. The maximum atomic E-state index is 11.4. The highest BCUT2D eigenvalue weighted by atomic mass is 16.4. The maximum absolute atomic E-state index is 11.4. The largest absolute Gasteiger partial charge is 0.481 e. The number of carboxylic acid groups (broad SMARTS) is 1. The summed E-state index contributed by atoms with van der Waals surface area (Å²) in [6.07, 6.45) is 22.3. The second-order valence-electron chi connectivity index (χ2n) is 5.76. The average molecular weight is 320 g/mol. The summed E-state index contributed by atoms with van der Waals surface area (Å²) in [5.74, 6) is -0.871. The van der Waals surface area contributed by atoms with Crippen molar-refractivity contribution in [3.05, 3.63) is 36.5 Å². The Morgan fingerprint density at radius 1 is 0.826 bits per heavy atom. The lowest BCUT2D eigenvalue weighted by molar-refractivity contribution is -0.137. The van der Waals surface area contributed by atoms with E-state index >= 15 is 0 Å². The van der Waals surface area contributed by atoms with Crippen LogP contribution in [0.25, 0.3) is 0 Å². The fourth-order valence-corrected chi connectivity index (χ4v) is 2.15. The van der Waals surface area contributed by atoms with Gasteiger partial charge < -0.3 is 5.11 Å². The standard InChI is InChI=1S/C20H32O3/c1-2-3-4-5-6-7-8-9-10-11-12-13-14-16-19(21)17-15-18-20(22)23/h9-10,12-14,16H,2-8,11,15,17-18H2,1H3,(H,22,23)/b10-9-,13-12-,16-14+. The van der Waals surface area contributed by atoms with Crippen LogP contribution < -0.4 is 0 Å². The van der Waals surface area contributed by atoms with Gasteiger partial charge in [-0.2, -0.15) is 0 Å². The van der Waals surface area contributed by atoms with Crippen molar-refractivity contribution < 1.29 is 14.7 Å². The summed E-state index contributed by atoms with van der Waals surface area (Å²) in [6, 6.07) is 0. The van der Waals surface area contributed by atoms with Crippen molar-refractivity contribution in [3.8, 4) is 0 Å². The Hall–Kier alpha value is -1.64. The molecule has 0 aliphatic heterocycles. The monoisotopic (exact) mass is 320 g/mol. The number of carbonyl (C=O) groups excluding carboxylic acids is 1. The van der Waals surface area contributed by atoms with Gasteiger partial charge in [0.25, 0.3) is 0 Å². The summed E-state index contributed by atoms with van der Waals surface area (Å²) in [7, 11) is 0. The summed E-state index contributed by atoms with van der Waals surface area (Å²) in [4.78, 5) is 21.7. The molecule has 3 nitrogen and oxygen atoms in total. The lowest BCUT2D eigenvalue weighted by Gasteiger charge is -1.97. The number of carboxylic acids is 1. The van der Waals surface area contributed by atoms with Crippen molar-refractivity contribution in [3.63, 3.8) is 0 Å². The SMILES string of the molecule is CCCCCCCC/C=C\C/C=C\C=C\C(=O)CCCC(=O)O. The van der Waals surface area contributed by atoms with Crippen molar-refractivity contribution in [2.75, 3.05) is 0 Å². The van der Waals surface area contributed by atoms with Gasteiger partial charge in [0.1, 0.15) is 0 Å². The fraction of sp³-hybridized carbons (Fsp3) is 0.600. The van der Waals surface area contributed by atoms with Gasteiger partial charge in [0.05, 0.1) is 0 Å². The zero-order valence-electron chi connectivity index (χ0n) is 14.5. The van der Waals surface area contributed by atoms with Gasteiger partial charge >= 0.3 is 5.97 Å². The van der Waals surface area contributed by atoms with Gasteiger partial charge in [-0.15, -0.1) is 0 Å². The molecule has 1 N–H and O–H groups in total. The normalized spacial score (nSPS) is 11.9. The third kappa shape index (κ3) is 18.3. The van der Waals surface area contributed by atoms with E-state index in [1.807, 2.05) is 12.2 Å². The summed E-state index contributed by atoms with van der Waals surface area (Å²) in [5.41, 5.74) is 0. The minimum Gasteiger partial charge on any atom is -0.481 e. The molecule has 0 aliphatic carbocycles. The molecule has 0 saturated carbocycles. The first-order valence-electron chi connectivity index (χ1n) is 8.89. The van der Waals surface area contributed by atoms with Crippen LogP contribution in [-0.2, 0) is 9.59 Å². The molecular weight excluding hydrogens is 288 g/mol. The van der Waals surface area contributed by atoms with E-state index in [9.17, 15) is 9.59 Å². The first kappa shape index (κ1) is 21.4. The predicted molar refractivity (Wildman–Crippen MR) is 96.5 cm³/mol. The molecule has 0 radical (unpaired) electrons. The van der Waals surface area contributed by atoms with Gasteiger partial charge in [0.15, 0.2) is 5.78 Å². The third-order valence-electron chi connectivity index (χ3n) is 3.51. The Morgan fingerprint density at radius 3 is 2.30 bits per heavy atom. The number of hydrogen-bond acceptors (Lipinski definition) is 2. The summed E-state index contributed by atoms with van der Waals surface area (Å²) in [5, 5.41) is 8.48. The van der Waals surface area contributed by atoms with Crippen LogP contribution in [0.2, 0.25) is 0 Å². The van der Waals surface area contributed by atoms with Crippen molar-refractivity contribution >= 4 is 11.8 Å². The van der Waals surface area contributed by atoms with Crippen LogP contribution in [0.5, 0.6) is 0 Å². The topological polar surface area (TPSA) is 54.4 Å². The van der Waals surface area contributed by atoms with E-state index in [4.69, 9.17) is 5.11 Å². The van der Waals surface area contributed by atoms with E-state index in [-0.39, 0.29) is 12.2 Å². The molecule has 0 rings (SSSR count). The molecule has 0 aliphatic rings. The fourth-order valence-electron chi connectivity index (χ4n) is 2.15. The Kier molecular flexibility index (Phi) is 15.5. The van der Waals surface area contributed by atoms with Crippen molar-refractivity contribution in [1.82, 2.24) is 0 Å². The van der Waals surface area contributed by atoms with E-state index in [0.29, 0.717) is 12.8 Å². The molecule has 0 aromatic carbocycles. The van der Waals surface area contributed by atoms with Crippen LogP contribution in [0.3, 0.4) is 0 Å². The van der Waals surface area contributed by atoms with Crippen LogP contribution in [0.1, 0.15) is 77.6 Å². The van der Waals surface area contributed by atoms with Crippen LogP contribution >= 0.6 is 0 Å². The molecule has 3 heteroatoms. The van der Waals surface area contributed by atoms with Crippen LogP contribution in [0.4, 0.5) is 0 Å². The molecule has 0 unspecified atom stereocenters. The Morgan fingerprint density at radius 2 is 1.57 bits per heavy atom. The Labute approximate surface area is 141 Å². The van der Waals surface area contributed by atoms with Gasteiger partial charge in [-0.1, -0.05) is 69.4 Å². The molecule has 0 fully saturated rings. The first-order valence-corrected chi connectivity index (χ1v) is 8.89. The number of aliphatic carboxylic acids is 1. The van der Waals surface area contributed by atoms with E-state index < -0.39 is 5.97 Å². The molecule has 0 saturated heterocycles. The predicted octanol–water partition coefficient (Wildman–Crippen LogP) is 5.62. The lowest BCUT2D eigenvalue weighted by Crippen LogP contribution is -1.97. The Bertz CT molecular complexity index is 392. The minimum absolute atomic E-state index is 0.0190. The number of carbonyl (C=O) groups is 2. The molecule has 0 spiro atoms. The second-order valence-corrected chi connectivity index (χ2v) is 5.76. The van der Waals surface area contributed by atoms with Crippen molar-refractivity contribution in [2.45, 2.75) is 77.6 Å². The third-order valence-corrected chi connectivity index (χ3v) is 3.51. The maximum Gasteiger partial charge on any atom is 0.303 e. The minimum atomic E-state index is -0.852. The van der Waals surface area contributed by atoms with Crippen LogP contribution in [-0.4, -0.2) is 16.9 Å². The molecule has 0 amide bonds. The molecule has 0 bridgehead atoms. The van der Waals surface area contributed by atoms with Crippen molar-refractivity contribution in [1.29, 1.82) is 0 Å². The summed E-state index contributed by atoms with van der Waals surface area (Å²) in [6.45, 7) is 2.24. The molecule has 0 heterocycles. The van der Waals surface area contributed by atoms with Crippen LogP contribution in [0.15, 0.2) is 36.5 Å². The molecule has 0 atom stereocenters. The quantitative estimate of drug-likeness (QED) is 0.184. The van der Waals surface area contributed by atoms with E-state index in [1.165, 1.54) is 44.6 Å². The van der Waals surface area contributed by atoms with Gasteiger partial charge in [-0.3, -0.25) is 9.59 Å². The first-order chi connectivity index (χ1) is 11.2. The summed E-state index contributed by atoms with van der Waals surface area (Å²) >= 11 is 0. The highest BCUT2D eigenvalue weighted by molar-refractivity contribution is 5.90. The van der Waals surface area contributed by atoms with Crippen molar-refractivity contribution in [2.24, 2.45) is 0 Å². The van der Waals surface area contributed by atoms with E-state index in [1.54, 1.807) is 6.08 Å². The number of unbranched alkanes of at least 4 members (excludes halogenated alkanes) is 6. The molecule has 23 heavy (non-hydrogen) atoms. The zero-order valence-corrected chi connectivity index (χ0v) is 14.5. The summed E-state index contributed by atoms with van der Waals surface area (Å²) < 4.78 is 0. The highest BCUT2D eigenvalue weighted by Crippen LogP contribution is 2.07. The molecular formula is C20H32O3. The molecule has 0 aromatic rings. The number of allylic oxidation sites excluding steroid dienone is 6. The Balaban J connectivity index is 3.51. The number of rotatable bonds is 15. The van der Waals surface area contributed by atoms with Gasteiger partial charge in [0.2, 0.25) is 0 Å². The van der Waals surface area contributed by atoms with Gasteiger partial charge in [0, 0.05) is 12.8 Å². The number of hydrogen-bond donors (Lipinski definition) is 1. The second kappa shape index (κ2) is 16.7. The number of ketones is 1.